The molecule has 0 aromatic heterocycles. The van der Waals surface area contributed by atoms with Gasteiger partial charge in [-0.1, -0.05) is 251 Å². The predicted octanol–water partition coefficient (Wildman–Crippen LogP) is 17.8. The number of esters is 3. The van der Waals surface area contributed by atoms with E-state index in [4.69, 9.17) is 14.2 Å². The average molecular weight is 861 g/mol. The summed E-state index contributed by atoms with van der Waals surface area (Å²) in [5, 5.41) is 0. The van der Waals surface area contributed by atoms with E-state index in [2.05, 4.69) is 32.9 Å². The number of hydrogen-bond acceptors (Lipinski definition) is 6. The van der Waals surface area contributed by atoms with Crippen molar-refractivity contribution in [3.8, 4) is 0 Å². The van der Waals surface area contributed by atoms with Crippen molar-refractivity contribution in [3.63, 3.8) is 0 Å². The van der Waals surface area contributed by atoms with Gasteiger partial charge in [0, 0.05) is 19.3 Å². The Balaban J connectivity index is 4.34. The van der Waals surface area contributed by atoms with Crippen LogP contribution in [0, 0.1) is 0 Å². The van der Waals surface area contributed by atoms with Gasteiger partial charge in [-0.25, -0.2) is 0 Å². The minimum atomic E-state index is -0.771. The molecule has 0 saturated carbocycles. The van der Waals surface area contributed by atoms with E-state index in [1.165, 1.54) is 193 Å². The third-order valence-electron chi connectivity index (χ3n) is 12.3. The van der Waals surface area contributed by atoms with E-state index >= 15 is 0 Å². The van der Waals surface area contributed by atoms with Gasteiger partial charge in [-0.2, -0.15) is 0 Å². The normalized spacial score (nSPS) is 12.0. The Labute approximate surface area is 380 Å². The van der Waals surface area contributed by atoms with Crippen LogP contribution in [-0.4, -0.2) is 37.2 Å². The Hall–Kier alpha value is -1.85. The van der Waals surface area contributed by atoms with Crippen molar-refractivity contribution in [2.75, 3.05) is 13.2 Å². The molecule has 0 aromatic carbocycles. The Bertz CT molecular complexity index is 947. The first-order valence-electron chi connectivity index (χ1n) is 27.2. The lowest BCUT2D eigenvalue weighted by Crippen LogP contribution is -2.30. The van der Waals surface area contributed by atoms with Gasteiger partial charge in [-0.15, -0.1) is 0 Å². The maximum absolute atomic E-state index is 12.8. The van der Waals surface area contributed by atoms with E-state index in [-0.39, 0.29) is 31.1 Å². The summed E-state index contributed by atoms with van der Waals surface area (Å²) in [6.45, 7) is 6.67. The fraction of sp³-hybridized carbons (Fsp3) is 0.909. The highest BCUT2D eigenvalue weighted by Gasteiger charge is 2.19. The molecule has 0 aromatic rings. The third kappa shape index (κ3) is 49.0. The number of hydrogen-bond donors (Lipinski definition) is 0. The molecule has 360 valence electrons. The molecule has 6 heteroatoms. The first-order chi connectivity index (χ1) is 30.0. The van der Waals surface area contributed by atoms with Crippen molar-refractivity contribution in [2.24, 2.45) is 0 Å². The average Bonchev–Trinajstić information content (AvgIpc) is 3.26. The Kier molecular flexibility index (Phi) is 49.3. The van der Waals surface area contributed by atoms with Crippen molar-refractivity contribution in [1.82, 2.24) is 0 Å². The smallest absolute Gasteiger partial charge is 0.306 e. The van der Waals surface area contributed by atoms with Crippen LogP contribution in [0.3, 0.4) is 0 Å². The fourth-order valence-corrected chi connectivity index (χ4v) is 8.14. The summed E-state index contributed by atoms with van der Waals surface area (Å²) in [7, 11) is 0. The number of carbonyl (C=O) groups is 3. The molecule has 0 aliphatic carbocycles. The second-order valence-corrected chi connectivity index (χ2v) is 18.5. The van der Waals surface area contributed by atoms with Crippen molar-refractivity contribution in [3.05, 3.63) is 12.2 Å². The van der Waals surface area contributed by atoms with Crippen molar-refractivity contribution in [1.29, 1.82) is 0 Å². The van der Waals surface area contributed by atoms with Gasteiger partial charge in [0.1, 0.15) is 13.2 Å². The Morgan fingerprint density at radius 1 is 0.311 bits per heavy atom. The number of unbranched alkanes of at least 4 members (excludes halogenated alkanes) is 37. The zero-order valence-electron chi connectivity index (χ0n) is 41.2. The first-order valence-corrected chi connectivity index (χ1v) is 27.2. The summed E-state index contributed by atoms with van der Waals surface area (Å²) in [6, 6.07) is 0. The monoisotopic (exact) mass is 861 g/mol. The van der Waals surface area contributed by atoms with Crippen LogP contribution in [0.4, 0.5) is 0 Å². The molecule has 1 unspecified atom stereocenters. The topological polar surface area (TPSA) is 78.9 Å². The van der Waals surface area contributed by atoms with E-state index in [0.29, 0.717) is 19.3 Å². The lowest BCUT2D eigenvalue weighted by atomic mass is 10.0. The third-order valence-corrected chi connectivity index (χ3v) is 12.3. The highest BCUT2D eigenvalue weighted by atomic mass is 16.6. The molecule has 0 aliphatic heterocycles. The zero-order valence-corrected chi connectivity index (χ0v) is 41.2. The maximum atomic E-state index is 12.8. The fourth-order valence-electron chi connectivity index (χ4n) is 8.14. The van der Waals surface area contributed by atoms with Crippen LogP contribution >= 0.6 is 0 Å². The highest BCUT2D eigenvalue weighted by Crippen LogP contribution is 2.16. The SMILES string of the molecule is CCCCCCCCC/C=C\CCCCCC(=O)OC(COC(=O)CCCCCCCCCCCCCCCC)COC(=O)CCCCCCCCCCCCCCCCC. The summed E-state index contributed by atoms with van der Waals surface area (Å²) in [6.07, 6.45) is 56.2. The van der Waals surface area contributed by atoms with Gasteiger partial charge in [0.05, 0.1) is 0 Å². The summed E-state index contributed by atoms with van der Waals surface area (Å²) < 4.78 is 16.8. The molecule has 0 spiro atoms. The van der Waals surface area contributed by atoms with Crippen LogP contribution in [-0.2, 0) is 28.6 Å². The predicted molar refractivity (Wildman–Crippen MR) is 261 cm³/mol. The van der Waals surface area contributed by atoms with Gasteiger partial charge in [0.15, 0.2) is 6.10 Å². The van der Waals surface area contributed by atoms with Gasteiger partial charge in [-0.3, -0.25) is 14.4 Å². The van der Waals surface area contributed by atoms with E-state index < -0.39 is 6.10 Å². The second-order valence-electron chi connectivity index (χ2n) is 18.5. The van der Waals surface area contributed by atoms with Crippen molar-refractivity contribution in [2.45, 2.75) is 309 Å². The highest BCUT2D eigenvalue weighted by molar-refractivity contribution is 5.71. The van der Waals surface area contributed by atoms with Crippen LogP contribution in [0.15, 0.2) is 12.2 Å². The second kappa shape index (κ2) is 50.8. The zero-order chi connectivity index (χ0) is 44.4. The van der Waals surface area contributed by atoms with Crippen molar-refractivity contribution >= 4 is 17.9 Å². The van der Waals surface area contributed by atoms with Crippen molar-refractivity contribution < 1.29 is 28.6 Å². The van der Waals surface area contributed by atoms with Crippen LogP contribution in [0.2, 0.25) is 0 Å². The molecule has 0 heterocycles. The Morgan fingerprint density at radius 3 is 0.836 bits per heavy atom. The van der Waals surface area contributed by atoms with Gasteiger partial charge >= 0.3 is 17.9 Å². The van der Waals surface area contributed by atoms with Gasteiger partial charge in [0.2, 0.25) is 0 Å². The molecule has 0 bridgehead atoms. The summed E-state index contributed by atoms with van der Waals surface area (Å²) >= 11 is 0. The molecule has 0 rings (SSSR count). The Morgan fingerprint density at radius 2 is 0.541 bits per heavy atom. The van der Waals surface area contributed by atoms with E-state index in [1.807, 2.05) is 0 Å². The summed E-state index contributed by atoms with van der Waals surface area (Å²) in [5.74, 6) is -0.866. The molecule has 61 heavy (non-hydrogen) atoms. The van der Waals surface area contributed by atoms with E-state index in [1.54, 1.807) is 0 Å². The quantitative estimate of drug-likeness (QED) is 0.0262. The molecule has 0 N–H and O–H groups in total. The van der Waals surface area contributed by atoms with Gasteiger partial charge < -0.3 is 14.2 Å². The maximum Gasteiger partial charge on any atom is 0.306 e. The number of ether oxygens (including phenoxy) is 3. The number of allylic oxidation sites excluding steroid dienone is 2. The molecule has 0 radical (unpaired) electrons. The minimum Gasteiger partial charge on any atom is -0.462 e. The van der Waals surface area contributed by atoms with Gasteiger partial charge in [0.25, 0.3) is 0 Å². The molecule has 1 atom stereocenters. The lowest BCUT2D eigenvalue weighted by molar-refractivity contribution is -0.167. The molecular formula is C55H104O6. The van der Waals surface area contributed by atoms with Crippen LogP contribution < -0.4 is 0 Å². The lowest BCUT2D eigenvalue weighted by Gasteiger charge is -2.18. The van der Waals surface area contributed by atoms with Crippen LogP contribution in [0.1, 0.15) is 303 Å². The summed E-state index contributed by atoms with van der Waals surface area (Å²) in [5.41, 5.74) is 0. The molecule has 6 nitrogen and oxygen atoms in total. The van der Waals surface area contributed by atoms with Gasteiger partial charge in [-0.05, 0) is 44.9 Å². The standard InChI is InChI=1S/C55H104O6/c1-4-7-10-13-16-19-22-25-28-31-33-36-39-42-45-48-54(57)60-51-52(61-55(58)49-46-43-40-37-34-30-27-24-21-18-15-12-9-6-3)50-59-53(56)47-44-41-38-35-32-29-26-23-20-17-14-11-8-5-2/h30,34,52H,4-29,31-33,35-51H2,1-3H3/b34-30-. The van der Waals surface area contributed by atoms with Crippen LogP contribution in [0.25, 0.3) is 0 Å². The largest absolute Gasteiger partial charge is 0.462 e. The minimum absolute atomic E-state index is 0.0705. The molecular weight excluding hydrogens is 757 g/mol. The number of carbonyl (C=O) groups excluding carboxylic acids is 3. The molecule has 0 amide bonds. The number of rotatable bonds is 50. The molecule has 0 fully saturated rings. The molecule has 0 aliphatic rings. The van der Waals surface area contributed by atoms with E-state index in [9.17, 15) is 14.4 Å². The van der Waals surface area contributed by atoms with E-state index in [0.717, 1.165) is 70.6 Å². The molecule has 0 saturated heterocycles. The first kappa shape index (κ1) is 59.1. The summed E-state index contributed by atoms with van der Waals surface area (Å²) in [4.78, 5) is 38.0. The van der Waals surface area contributed by atoms with Crippen LogP contribution in [0.5, 0.6) is 0 Å².